The van der Waals surface area contributed by atoms with Crippen molar-refractivity contribution in [3.8, 4) is 11.5 Å². The van der Waals surface area contributed by atoms with Crippen LogP contribution in [0.15, 0.2) is 59.5 Å². The summed E-state index contributed by atoms with van der Waals surface area (Å²) < 4.78 is 37.9. The molecular formula is C22H28N2O5S. The molecule has 8 heteroatoms. The van der Waals surface area contributed by atoms with Crippen LogP contribution in [0, 0.1) is 5.92 Å². The summed E-state index contributed by atoms with van der Waals surface area (Å²) >= 11 is 0. The van der Waals surface area contributed by atoms with Crippen LogP contribution in [0.5, 0.6) is 11.5 Å². The van der Waals surface area contributed by atoms with Crippen LogP contribution >= 0.6 is 0 Å². The van der Waals surface area contributed by atoms with E-state index in [1.54, 1.807) is 37.4 Å². The van der Waals surface area contributed by atoms with Gasteiger partial charge < -0.3 is 14.8 Å². The lowest BCUT2D eigenvalue weighted by Gasteiger charge is -2.31. The zero-order valence-electron chi connectivity index (χ0n) is 17.3. The number of sulfonamides is 1. The van der Waals surface area contributed by atoms with Gasteiger partial charge >= 0.3 is 0 Å². The standard InChI is InChI=1S/C22H28N2O5S/c1-17(16-29-21-11-7-6-10-20(21)28-2)23-22(25)18-12-14-24(15-13-18)30(26,27)19-8-4-3-5-9-19/h3-11,17-18H,12-16H2,1-2H3,(H,23,25)/t17-/m1/s1. The van der Waals surface area contributed by atoms with Crippen molar-refractivity contribution < 1.29 is 22.7 Å². The van der Waals surface area contributed by atoms with Crippen LogP contribution in [0.4, 0.5) is 0 Å². The van der Waals surface area contributed by atoms with Gasteiger partial charge in [0.2, 0.25) is 15.9 Å². The molecule has 1 saturated heterocycles. The van der Waals surface area contributed by atoms with Crippen LogP contribution < -0.4 is 14.8 Å². The second-order valence-corrected chi connectivity index (χ2v) is 9.30. The van der Waals surface area contributed by atoms with Gasteiger partial charge in [-0.15, -0.1) is 0 Å². The van der Waals surface area contributed by atoms with Gasteiger partial charge in [0.1, 0.15) is 6.61 Å². The summed E-state index contributed by atoms with van der Waals surface area (Å²) in [5.41, 5.74) is 0. The highest BCUT2D eigenvalue weighted by atomic mass is 32.2. The van der Waals surface area contributed by atoms with Gasteiger partial charge in [-0.2, -0.15) is 4.31 Å². The van der Waals surface area contributed by atoms with E-state index in [1.807, 2.05) is 31.2 Å². The van der Waals surface area contributed by atoms with E-state index in [0.29, 0.717) is 44.0 Å². The van der Waals surface area contributed by atoms with Crippen LogP contribution in [0.3, 0.4) is 0 Å². The van der Waals surface area contributed by atoms with Crippen molar-refractivity contribution in [2.24, 2.45) is 5.92 Å². The van der Waals surface area contributed by atoms with E-state index in [-0.39, 0.29) is 22.8 Å². The molecule has 1 aliphatic rings. The fraction of sp³-hybridized carbons (Fsp3) is 0.409. The summed E-state index contributed by atoms with van der Waals surface area (Å²) in [5, 5.41) is 2.97. The zero-order chi connectivity index (χ0) is 21.6. The highest BCUT2D eigenvalue weighted by Crippen LogP contribution is 2.26. The molecule has 1 amide bonds. The fourth-order valence-electron chi connectivity index (χ4n) is 3.46. The maximum Gasteiger partial charge on any atom is 0.243 e. The summed E-state index contributed by atoms with van der Waals surface area (Å²) in [7, 11) is -1.93. The van der Waals surface area contributed by atoms with Gasteiger partial charge in [-0.05, 0) is 44.0 Å². The quantitative estimate of drug-likeness (QED) is 0.693. The molecule has 0 bridgehead atoms. The molecule has 7 nitrogen and oxygen atoms in total. The summed E-state index contributed by atoms with van der Waals surface area (Å²) in [6.45, 7) is 2.86. The summed E-state index contributed by atoms with van der Waals surface area (Å²) in [6.07, 6.45) is 0.996. The Morgan fingerprint density at radius 1 is 1.07 bits per heavy atom. The van der Waals surface area contributed by atoms with Crippen molar-refractivity contribution in [2.45, 2.75) is 30.7 Å². The number of methoxy groups -OCH3 is 1. The maximum atomic E-state index is 12.7. The molecule has 0 aromatic heterocycles. The molecule has 0 radical (unpaired) electrons. The van der Waals surface area contributed by atoms with E-state index in [2.05, 4.69) is 5.32 Å². The average Bonchev–Trinajstić information content (AvgIpc) is 2.78. The number of piperidine rings is 1. The third-order valence-corrected chi connectivity index (χ3v) is 7.07. The SMILES string of the molecule is COc1ccccc1OC[C@@H](C)NC(=O)C1CCN(S(=O)(=O)c2ccccc2)CC1. The molecule has 2 aromatic carbocycles. The predicted octanol–water partition coefficient (Wildman–Crippen LogP) is 2.68. The van der Waals surface area contributed by atoms with E-state index < -0.39 is 10.0 Å². The van der Waals surface area contributed by atoms with Gasteiger partial charge in [0.15, 0.2) is 11.5 Å². The van der Waals surface area contributed by atoms with Crippen molar-refractivity contribution in [1.29, 1.82) is 0 Å². The number of nitrogens with one attached hydrogen (secondary N) is 1. The molecular weight excluding hydrogens is 404 g/mol. The van der Waals surface area contributed by atoms with Crippen molar-refractivity contribution in [1.82, 2.24) is 9.62 Å². The van der Waals surface area contributed by atoms with E-state index >= 15 is 0 Å². The Balaban J connectivity index is 1.48. The van der Waals surface area contributed by atoms with Crippen molar-refractivity contribution in [3.63, 3.8) is 0 Å². The Morgan fingerprint density at radius 3 is 2.30 bits per heavy atom. The lowest BCUT2D eigenvalue weighted by molar-refractivity contribution is -0.126. The average molecular weight is 433 g/mol. The summed E-state index contributed by atoms with van der Waals surface area (Å²) in [4.78, 5) is 12.9. The van der Waals surface area contributed by atoms with Crippen LogP contribution in [0.25, 0.3) is 0 Å². The molecule has 0 spiro atoms. The van der Waals surface area contributed by atoms with Gasteiger partial charge in [-0.3, -0.25) is 4.79 Å². The van der Waals surface area contributed by atoms with E-state index in [1.165, 1.54) is 4.31 Å². The van der Waals surface area contributed by atoms with Crippen molar-refractivity contribution in [3.05, 3.63) is 54.6 Å². The Labute approximate surface area is 178 Å². The van der Waals surface area contributed by atoms with E-state index in [4.69, 9.17) is 9.47 Å². The molecule has 162 valence electrons. The van der Waals surface area contributed by atoms with E-state index in [9.17, 15) is 13.2 Å². The highest BCUT2D eigenvalue weighted by molar-refractivity contribution is 7.89. The molecule has 1 fully saturated rings. The molecule has 0 saturated carbocycles. The maximum absolute atomic E-state index is 12.7. The van der Waals surface area contributed by atoms with Crippen molar-refractivity contribution >= 4 is 15.9 Å². The number of hydrogen-bond donors (Lipinski definition) is 1. The minimum absolute atomic E-state index is 0.0668. The van der Waals surface area contributed by atoms with Gasteiger partial charge in [0, 0.05) is 19.0 Å². The van der Waals surface area contributed by atoms with Gasteiger partial charge in [0.25, 0.3) is 0 Å². The zero-order valence-corrected chi connectivity index (χ0v) is 18.1. The fourth-order valence-corrected chi connectivity index (χ4v) is 4.95. The van der Waals surface area contributed by atoms with Gasteiger partial charge in [0.05, 0.1) is 18.0 Å². The van der Waals surface area contributed by atoms with Crippen LogP contribution in [-0.4, -0.2) is 51.5 Å². The van der Waals surface area contributed by atoms with Crippen molar-refractivity contribution in [2.75, 3.05) is 26.8 Å². The van der Waals surface area contributed by atoms with Crippen LogP contribution in [-0.2, 0) is 14.8 Å². The topological polar surface area (TPSA) is 84.9 Å². The first kappa shape index (κ1) is 22.1. The number of carbonyl (C=O) groups excluding carboxylic acids is 1. The minimum atomic E-state index is -3.51. The molecule has 3 rings (SSSR count). The molecule has 1 heterocycles. The Hall–Kier alpha value is -2.58. The first-order chi connectivity index (χ1) is 14.4. The number of hydrogen-bond acceptors (Lipinski definition) is 5. The third kappa shape index (κ3) is 5.31. The normalized spacial score (nSPS) is 16.6. The molecule has 0 unspecified atom stereocenters. The highest BCUT2D eigenvalue weighted by Gasteiger charge is 2.32. The molecule has 30 heavy (non-hydrogen) atoms. The van der Waals surface area contributed by atoms with Gasteiger partial charge in [-0.25, -0.2) is 8.42 Å². The van der Waals surface area contributed by atoms with Gasteiger partial charge in [-0.1, -0.05) is 30.3 Å². The lowest BCUT2D eigenvalue weighted by Crippen LogP contribution is -2.45. The first-order valence-electron chi connectivity index (χ1n) is 10.0. The Kier molecular flexibility index (Phi) is 7.33. The number of rotatable bonds is 8. The number of benzene rings is 2. The van der Waals surface area contributed by atoms with E-state index in [0.717, 1.165) is 0 Å². The molecule has 1 N–H and O–H groups in total. The summed E-state index contributed by atoms with van der Waals surface area (Å²) in [5.74, 6) is 0.993. The van der Waals surface area contributed by atoms with Crippen LogP contribution in [0.2, 0.25) is 0 Å². The largest absolute Gasteiger partial charge is 0.493 e. The molecule has 1 aliphatic heterocycles. The Morgan fingerprint density at radius 2 is 1.67 bits per heavy atom. The first-order valence-corrected chi connectivity index (χ1v) is 11.5. The third-order valence-electron chi connectivity index (χ3n) is 5.15. The second-order valence-electron chi connectivity index (χ2n) is 7.36. The number of para-hydroxylation sites is 2. The summed E-state index contributed by atoms with van der Waals surface area (Å²) in [6, 6.07) is 15.6. The second kappa shape index (κ2) is 9.95. The molecule has 1 atom stereocenters. The molecule has 2 aromatic rings. The Bertz CT molecular complexity index is 941. The number of amides is 1. The number of ether oxygens (including phenoxy) is 2. The monoisotopic (exact) mass is 432 g/mol. The van der Waals surface area contributed by atoms with Crippen LogP contribution in [0.1, 0.15) is 19.8 Å². The number of carbonyl (C=O) groups is 1. The molecule has 0 aliphatic carbocycles. The smallest absolute Gasteiger partial charge is 0.243 e. The lowest BCUT2D eigenvalue weighted by atomic mass is 9.97. The predicted molar refractivity (Wildman–Crippen MR) is 114 cm³/mol. The minimum Gasteiger partial charge on any atom is -0.493 e. The number of nitrogens with zero attached hydrogens (tertiary/aromatic N) is 1.